The summed E-state index contributed by atoms with van der Waals surface area (Å²) >= 11 is 0. The zero-order chi connectivity index (χ0) is 13.8. The molecule has 2 rings (SSSR count). The predicted molar refractivity (Wildman–Crippen MR) is 78.5 cm³/mol. The molecular formula is C15H21N3O. The highest BCUT2D eigenvalue weighted by atomic mass is 16.5. The van der Waals surface area contributed by atoms with Crippen LogP contribution in [0.25, 0.3) is 11.0 Å². The van der Waals surface area contributed by atoms with Gasteiger partial charge >= 0.3 is 0 Å². The number of hydrogen-bond acceptors (Lipinski definition) is 3. The Hall–Kier alpha value is -1.81. The summed E-state index contributed by atoms with van der Waals surface area (Å²) in [7, 11) is 0. The highest BCUT2D eigenvalue weighted by molar-refractivity contribution is 5.78. The topological polar surface area (TPSA) is 53.1 Å². The lowest BCUT2D eigenvalue weighted by Gasteiger charge is -2.08. The normalized spacial score (nSPS) is 10.9. The molecule has 0 amide bonds. The molecule has 0 fully saturated rings. The summed E-state index contributed by atoms with van der Waals surface area (Å²) in [6, 6.07) is 6.01. The molecule has 2 aromatic rings. The number of aromatic nitrogens is 2. The monoisotopic (exact) mass is 259 g/mol. The van der Waals surface area contributed by atoms with Crippen molar-refractivity contribution in [3.63, 3.8) is 0 Å². The summed E-state index contributed by atoms with van der Waals surface area (Å²) in [6.07, 6.45) is 0.770. The number of nitrogens with two attached hydrogens (primary N) is 1. The van der Waals surface area contributed by atoms with Crippen molar-refractivity contribution in [1.29, 1.82) is 0 Å². The standard InChI is InChI=1S/C15H21N3O/c1-4-19-12-5-6-14-13(9-12)17-15(7-8-16)18(14)10-11(2)3/h5-6,9H,2,4,7-8,10,16H2,1,3H3. The van der Waals surface area contributed by atoms with Crippen LogP contribution in [-0.4, -0.2) is 22.7 Å². The molecular weight excluding hydrogens is 238 g/mol. The summed E-state index contributed by atoms with van der Waals surface area (Å²) in [5, 5.41) is 0. The quantitative estimate of drug-likeness (QED) is 0.811. The van der Waals surface area contributed by atoms with Gasteiger partial charge < -0.3 is 15.0 Å². The van der Waals surface area contributed by atoms with E-state index in [1.165, 1.54) is 0 Å². The van der Waals surface area contributed by atoms with E-state index < -0.39 is 0 Å². The molecule has 0 aliphatic carbocycles. The predicted octanol–water partition coefficient (Wildman–Crippen LogP) is 2.51. The molecule has 0 radical (unpaired) electrons. The van der Waals surface area contributed by atoms with E-state index in [1.807, 2.05) is 26.0 Å². The first kappa shape index (κ1) is 13.6. The molecule has 0 saturated heterocycles. The highest BCUT2D eigenvalue weighted by Crippen LogP contribution is 2.23. The second-order valence-electron chi connectivity index (χ2n) is 4.69. The maximum absolute atomic E-state index is 5.66. The summed E-state index contributed by atoms with van der Waals surface area (Å²) in [5.74, 6) is 1.86. The van der Waals surface area contributed by atoms with E-state index in [1.54, 1.807) is 0 Å². The van der Waals surface area contributed by atoms with Gasteiger partial charge in [0.1, 0.15) is 11.6 Å². The molecule has 0 spiro atoms. The molecule has 0 aliphatic rings. The van der Waals surface area contributed by atoms with Crippen LogP contribution in [0.5, 0.6) is 5.75 Å². The van der Waals surface area contributed by atoms with Gasteiger partial charge in [0.25, 0.3) is 0 Å². The van der Waals surface area contributed by atoms with Crippen LogP contribution in [0, 0.1) is 0 Å². The van der Waals surface area contributed by atoms with Crippen molar-refractivity contribution in [2.45, 2.75) is 26.8 Å². The number of benzene rings is 1. The molecule has 1 aromatic heterocycles. The minimum atomic E-state index is 0.595. The number of ether oxygens (including phenoxy) is 1. The smallest absolute Gasteiger partial charge is 0.121 e. The third-order valence-electron chi connectivity index (χ3n) is 2.91. The largest absolute Gasteiger partial charge is 0.494 e. The van der Waals surface area contributed by atoms with E-state index in [2.05, 4.69) is 22.2 Å². The number of hydrogen-bond donors (Lipinski definition) is 1. The Morgan fingerprint density at radius 3 is 2.89 bits per heavy atom. The lowest BCUT2D eigenvalue weighted by molar-refractivity contribution is 0.340. The van der Waals surface area contributed by atoms with Gasteiger partial charge in [0, 0.05) is 19.0 Å². The molecule has 0 aliphatic heterocycles. The van der Waals surface area contributed by atoms with Crippen molar-refractivity contribution >= 4 is 11.0 Å². The SMILES string of the molecule is C=C(C)Cn1c(CCN)nc2cc(OCC)ccc21. The summed E-state index contributed by atoms with van der Waals surface area (Å²) in [4.78, 5) is 4.66. The summed E-state index contributed by atoms with van der Waals surface area (Å²) in [5.41, 5.74) is 8.82. The van der Waals surface area contributed by atoms with Crippen molar-refractivity contribution < 1.29 is 4.74 Å². The first-order valence-corrected chi connectivity index (χ1v) is 6.62. The van der Waals surface area contributed by atoms with Gasteiger partial charge in [0.2, 0.25) is 0 Å². The Morgan fingerprint density at radius 1 is 1.47 bits per heavy atom. The maximum Gasteiger partial charge on any atom is 0.121 e. The van der Waals surface area contributed by atoms with Crippen molar-refractivity contribution in [1.82, 2.24) is 9.55 Å². The fourth-order valence-corrected chi connectivity index (χ4v) is 2.18. The number of nitrogens with zero attached hydrogens (tertiary/aromatic N) is 2. The van der Waals surface area contributed by atoms with Crippen LogP contribution in [0.15, 0.2) is 30.4 Å². The van der Waals surface area contributed by atoms with Gasteiger partial charge in [-0.2, -0.15) is 0 Å². The van der Waals surface area contributed by atoms with E-state index in [0.717, 1.165) is 41.1 Å². The van der Waals surface area contributed by atoms with E-state index in [9.17, 15) is 0 Å². The molecule has 2 N–H and O–H groups in total. The van der Waals surface area contributed by atoms with Crippen molar-refractivity contribution in [2.24, 2.45) is 5.73 Å². The lowest BCUT2D eigenvalue weighted by atomic mass is 10.2. The summed E-state index contributed by atoms with van der Waals surface area (Å²) in [6.45, 7) is 10.0. The van der Waals surface area contributed by atoms with Gasteiger partial charge in [-0.3, -0.25) is 0 Å². The Kier molecular flexibility index (Phi) is 4.22. The molecule has 4 heteroatoms. The van der Waals surface area contributed by atoms with Gasteiger partial charge in [0.15, 0.2) is 0 Å². The molecule has 0 unspecified atom stereocenters. The average molecular weight is 259 g/mol. The van der Waals surface area contributed by atoms with E-state index in [4.69, 9.17) is 10.5 Å². The van der Waals surface area contributed by atoms with E-state index in [0.29, 0.717) is 13.2 Å². The first-order chi connectivity index (χ1) is 9.15. The number of imidazole rings is 1. The van der Waals surface area contributed by atoms with Crippen LogP contribution in [0.3, 0.4) is 0 Å². The molecule has 19 heavy (non-hydrogen) atoms. The zero-order valence-electron chi connectivity index (χ0n) is 11.6. The molecule has 1 aromatic carbocycles. The van der Waals surface area contributed by atoms with Gasteiger partial charge in [-0.25, -0.2) is 4.98 Å². The Balaban J connectivity index is 2.49. The Bertz CT molecular complexity index is 586. The Morgan fingerprint density at radius 2 is 2.26 bits per heavy atom. The van der Waals surface area contributed by atoms with Crippen molar-refractivity contribution in [2.75, 3.05) is 13.2 Å². The van der Waals surface area contributed by atoms with Gasteiger partial charge in [-0.05, 0) is 32.5 Å². The van der Waals surface area contributed by atoms with E-state index >= 15 is 0 Å². The number of allylic oxidation sites excluding steroid dienone is 1. The molecule has 4 nitrogen and oxygen atoms in total. The molecule has 0 saturated carbocycles. The second-order valence-corrected chi connectivity index (χ2v) is 4.69. The highest BCUT2D eigenvalue weighted by Gasteiger charge is 2.11. The number of rotatable bonds is 6. The average Bonchev–Trinajstić information content (AvgIpc) is 2.67. The summed E-state index contributed by atoms with van der Waals surface area (Å²) < 4.78 is 7.69. The van der Waals surface area contributed by atoms with Gasteiger partial charge in [-0.15, -0.1) is 0 Å². The second kappa shape index (κ2) is 5.89. The van der Waals surface area contributed by atoms with Gasteiger partial charge in [-0.1, -0.05) is 12.2 Å². The molecule has 0 atom stereocenters. The fraction of sp³-hybridized carbons (Fsp3) is 0.400. The van der Waals surface area contributed by atoms with Crippen LogP contribution in [-0.2, 0) is 13.0 Å². The zero-order valence-corrected chi connectivity index (χ0v) is 11.6. The fourth-order valence-electron chi connectivity index (χ4n) is 2.18. The first-order valence-electron chi connectivity index (χ1n) is 6.62. The van der Waals surface area contributed by atoms with Crippen LogP contribution < -0.4 is 10.5 Å². The van der Waals surface area contributed by atoms with Gasteiger partial charge in [0.05, 0.1) is 17.6 Å². The number of fused-ring (bicyclic) bond motifs is 1. The lowest BCUT2D eigenvalue weighted by Crippen LogP contribution is -2.10. The molecule has 1 heterocycles. The molecule has 0 bridgehead atoms. The van der Waals surface area contributed by atoms with Crippen LogP contribution in [0.4, 0.5) is 0 Å². The van der Waals surface area contributed by atoms with Crippen LogP contribution >= 0.6 is 0 Å². The third-order valence-corrected chi connectivity index (χ3v) is 2.91. The molecule has 102 valence electrons. The maximum atomic E-state index is 5.66. The van der Waals surface area contributed by atoms with Crippen LogP contribution in [0.2, 0.25) is 0 Å². The third kappa shape index (κ3) is 2.96. The minimum absolute atomic E-state index is 0.595. The van der Waals surface area contributed by atoms with Crippen LogP contribution in [0.1, 0.15) is 19.7 Å². The van der Waals surface area contributed by atoms with E-state index in [-0.39, 0.29) is 0 Å². The Labute approximate surface area is 113 Å². The minimum Gasteiger partial charge on any atom is -0.494 e. The van der Waals surface area contributed by atoms with Crippen molar-refractivity contribution in [3.8, 4) is 5.75 Å². The van der Waals surface area contributed by atoms with Crippen molar-refractivity contribution in [3.05, 3.63) is 36.2 Å².